The van der Waals surface area contributed by atoms with Crippen LogP contribution in [0.15, 0.2) is 0 Å². The van der Waals surface area contributed by atoms with Gasteiger partial charge in [-0.1, -0.05) is 13.8 Å². The van der Waals surface area contributed by atoms with E-state index < -0.39 is 0 Å². The van der Waals surface area contributed by atoms with Crippen molar-refractivity contribution >= 4 is 0 Å². The van der Waals surface area contributed by atoms with E-state index in [0.717, 1.165) is 0 Å². The third kappa shape index (κ3) is 16.1. The minimum absolute atomic E-state index is 0. The van der Waals surface area contributed by atoms with Gasteiger partial charge in [-0.3, -0.25) is 6.04 Å². The Bertz CT molecular complexity index is 68.5. The molecule has 0 rings (SSSR count). The molecule has 0 aliphatic rings. The van der Waals surface area contributed by atoms with Crippen LogP contribution >= 0.6 is 0 Å². The molecule has 0 aromatic rings. The van der Waals surface area contributed by atoms with Crippen LogP contribution in [0.2, 0.25) is 0 Å². The molecule has 61 valence electrons. The van der Waals surface area contributed by atoms with Crippen LogP contribution in [0.5, 0.6) is 0 Å². The van der Waals surface area contributed by atoms with Crippen molar-refractivity contribution in [2.45, 2.75) is 33.2 Å². The van der Waals surface area contributed by atoms with Crippen LogP contribution < -0.4 is 5.32 Å². The molecule has 1 nitrogen and oxygen atoms in total. The van der Waals surface area contributed by atoms with Crippen molar-refractivity contribution in [3.63, 3.8) is 0 Å². The fourth-order valence-corrected chi connectivity index (χ4v) is 0.677. The molecule has 0 saturated carbocycles. The summed E-state index contributed by atoms with van der Waals surface area (Å²) in [6, 6.07) is 1.21. The first-order valence-corrected chi connectivity index (χ1v) is 2.85. The van der Waals surface area contributed by atoms with Crippen molar-refractivity contribution in [2.24, 2.45) is 0 Å². The van der Waals surface area contributed by atoms with Gasteiger partial charge in [0.1, 0.15) is 0 Å². The molecule has 0 amide bonds. The van der Waals surface area contributed by atoms with Gasteiger partial charge in [0, 0.05) is 39.6 Å². The summed E-state index contributed by atoms with van der Waals surface area (Å²) in [6.45, 7) is 12.0. The quantitative estimate of drug-likeness (QED) is 0.750. The molecule has 10 heavy (non-hydrogen) atoms. The Hall–Kier alpha value is 1.23. The van der Waals surface area contributed by atoms with Crippen LogP contribution in [0.25, 0.3) is 0 Å². The Morgan fingerprint density at radius 2 is 1.60 bits per heavy atom. The maximum absolute atomic E-state index is 3.88. The first kappa shape index (κ1) is 17.4. The van der Waals surface area contributed by atoms with Crippen LogP contribution in [0, 0.1) is 13.0 Å². The number of hydrogen-bond acceptors (Lipinski definition) is 1. The molecule has 0 unspecified atom stereocenters. The molecule has 3 heteroatoms. The van der Waals surface area contributed by atoms with Crippen molar-refractivity contribution in [2.75, 3.05) is 0 Å². The molecular formula is C7H15NVW-2. The van der Waals surface area contributed by atoms with Gasteiger partial charge in [0.25, 0.3) is 0 Å². The van der Waals surface area contributed by atoms with Crippen molar-refractivity contribution in [1.82, 2.24) is 5.32 Å². The third-order valence-electron chi connectivity index (χ3n) is 0.588. The first-order chi connectivity index (χ1) is 3.42. The summed E-state index contributed by atoms with van der Waals surface area (Å²) < 4.78 is 0. The van der Waals surface area contributed by atoms with Gasteiger partial charge >= 0.3 is 0 Å². The molecule has 0 aromatic carbocycles. The number of hydrogen-bond donors (Lipinski definition) is 1. The second kappa shape index (κ2) is 6.91. The monoisotopic (exact) mass is 348 g/mol. The molecule has 0 saturated heterocycles. The van der Waals surface area contributed by atoms with Gasteiger partial charge in [0.05, 0.1) is 0 Å². The van der Waals surface area contributed by atoms with E-state index in [2.05, 4.69) is 12.2 Å². The fourth-order valence-electron chi connectivity index (χ4n) is 0.677. The Labute approximate surface area is 90.9 Å². The largest absolute Gasteiger partial charge is 0.488 e. The SMILES string of the molecule is [CH2-]C(C)(C)N[C-](C)C.[V].[W]. The average Bonchev–Trinajstić information content (AvgIpc) is 1.21. The standard InChI is InChI=1S/C7H15N.V.W/c1-6(2)8-7(3,4)5;;/h8H,3H2,1-2,4-5H3;;/q-2;;. The zero-order valence-electron chi connectivity index (χ0n) is 7.06. The van der Waals surface area contributed by atoms with E-state index in [-0.39, 0.29) is 45.2 Å². The van der Waals surface area contributed by atoms with Crippen LogP contribution in [0.4, 0.5) is 0 Å². The molecule has 1 radical (unpaired) electrons. The molecule has 0 aliphatic heterocycles. The van der Waals surface area contributed by atoms with Crippen LogP contribution in [0.1, 0.15) is 27.7 Å². The van der Waals surface area contributed by atoms with Gasteiger partial charge in [0.15, 0.2) is 0 Å². The Balaban J connectivity index is -0.000000245. The van der Waals surface area contributed by atoms with Gasteiger partial charge < -0.3 is 12.2 Å². The van der Waals surface area contributed by atoms with Crippen LogP contribution in [0.3, 0.4) is 0 Å². The molecule has 0 heterocycles. The topological polar surface area (TPSA) is 12.0 Å². The predicted molar refractivity (Wildman–Crippen MR) is 37.2 cm³/mol. The zero-order chi connectivity index (χ0) is 6.78. The maximum atomic E-state index is 3.88. The summed E-state index contributed by atoms with van der Waals surface area (Å²) in [6.07, 6.45) is 0. The molecule has 0 spiro atoms. The van der Waals surface area contributed by atoms with E-state index in [0.29, 0.717) is 0 Å². The van der Waals surface area contributed by atoms with E-state index in [4.69, 9.17) is 0 Å². The molecule has 0 fully saturated rings. The third-order valence-corrected chi connectivity index (χ3v) is 0.588. The summed E-state index contributed by atoms with van der Waals surface area (Å²) in [7, 11) is 0. The molecular weight excluding hydrogens is 333 g/mol. The summed E-state index contributed by atoms with van der Waals surface area (Å²) in [5.74, 6) is 0. The van der Waals surface area contributed by atoms with E-state index in [1.165, 1.54) is 6.04 Å². The summed E-state index contributed by atoms with van der Waals surface area (Å²) in [5.41, 5.74) is -0.0150. The van der Waals surface area contributed by atoms with E-state index in [9.17, 15) is 0 Å². The summed E-state index contributed by atoms with van der Waals surface area (Å²) in [5, 5.41) is 3.19. The second-order valence-electron chi connectivity index (χ2n) is 3.01. The van der Waals surface area contributed by atoms with Gasteiger partial charge in [-0.15, -0.1) is 5.54 Å². The van der Waals surface area contributed by atoms with E-state index in [1.807, 2.05) is 27.7 Å². The van der Waals surface area contributed by atoms with Crippen LogP contribution in [-0.4, -0.2) is 5.54 Å². The number of rotatable bonds is 2. The average molecular weight is 348 g/mol. The summed E-state index contributed by atoms with van der Waals surface area (Å²) >= 11 is 0. The van der Waals surface area contributed by atoms with Gasteiger partial charge in [0.2, 0.25) is 0 Å². The maximum Gasteiger partial charge on any atom is 0 e. The van der Waals surface area contributed by atoms with Crippen molar-refractivity contribution in [3.05, 3.63) is 13.0 Å². The van der Waals surface area contributed by atoms with Crippen LogP contribution in [-0.2, 0) is 39.6 Å². The first-order valence-electron chi connectivity index (χ1n) is 2.85. The van der Waals surface area contributed by atoms with Crippen molar-refractivity contribution in [3.8, 4) is 0 Å². The molecule has 0 bridgehead atoms. The molecule has 0 atom stereocenters. The number of nitrogens with one attached hydrogen (secondary N) is 1. The van der Waals surface area contributed by atoms with Gasteiger partial charge in [-0.2, -0.15) is 13.8 Å². The Morgan fingerprint density at radius 1 is 1.30 bits per heavy atom. The van der Waals surface area contributed by atoms with Gasteiger partial charge in [-0.05, 0) is 0 Å². The zero-order valence-corrected chi connectivity index (χ0v) is 11.4. The minimum Gasteiger partial charge on any atom is -0.488 e. The summed E-state index contributed by atoms with van der Waals surface area (Å²) in [4.78, 5) is 0. The predicted octanol–water partition coefficient (Wildman–Crippen LogP) is 1.76. The Kier molecular flexibility index (Phi) is 12.0. The normalized spacial score (nSPS) is 10.2. The van der Waals surface area contributed by atoms with E-state index >= 15 is 0 Å². The minimum atomic E-state index is -0.0150. The fraction of sp³-hybridized carbons (Fsp3) is 0.714. The molecule has 1 N–H and O–H groups in total. The Morgan fingerprint density at radius 3 is 1.60 bits per heavy atom. The smallest absolute Gasteiger partial charge is 0 e. The second-order valence-corrected chi connectivity index (χ2v) is 3.01. The van der Waals surface area contributed by atoms with Crippen molar-refractivity contribution in [1.29, 1.82) is 0 Å². The van der Waals surface area contributed by atoms with Gasteiger partial charge in [-0.25, -0.2) is 0 Å². The van der Waals surface area contributed by atoms with Crippen molar-refractivity contribution < 1.29 is 39.6 Å². The molecule has 0 aromatic heterocycles. The molecule has 0 aliphatic carbocycles. The van der Waals surface area contributed by atoms with E-state index in [1.54, 1.807) is 0 Å².